The molecule has 0 radical (unpaired) electrons. The van der Waals surface area contributed by atoms with E-state index in [0.717, 1.165) is 27.9 Å². The number of H-pyrrole nitrogens is 2. The van der Waals surface area contributed by atoms with E-state index in [9.17, 15) is 9.59 Å². The number of aromatic nitrogens is 3. The summed E-state index contributed by atoms with van der Waals surface area (Å²) in [5.41, 5.74) is 5.40. The monoisotopic (exact) mass is 506 g/mol. The largest absolute Gasteiger partial charge is 0.478 e. The van der Waals surface area contributed by atoms with Crippen LogP contribution in [0.25, 0.3) is 0 Å². The van der Waals surface area contributed by atoms with Crippen LogP contribution in [0.15, 0.2) is 71.7 Å². The molecule has 9 heteroatoms. The third kappa shape index (κ3) is 6.41. The highest BCUT2D eigenvalue weighted by molar-refractivity contribution is 6.17. The minimum absolute atomic E-state index is 0.0558. The average Bonchev–Trinajstić information content (AvgIpc) is 3.28. The minimum atomic E-state index is -0.285. The Balaban J connectivity index is 1.47. The number of hydrogen-bond donors (Lipinski definition) is 3. The standard InChI is InChI=1S/C27H27ClN4O4/c1-35-16-24-23(14-19-9-7-18(8-10-19)12-21-5-3-11-29-26(21)33)25(32-31-24)27(34)30-15-20-4-2-6-22(13-20)36-17-28/h2-11,13H,12,14-17H2,1H3,(H,29,33)(H,30,34)(H,31,32). The zero-order valence-electron chi connectivity index (χ0n) is 19.8. The fourth-order valence-electron chi connectivity index (χ4n) is 3.91. The molecule has 0 aliphatic heterocycles. The number of alkyl halides is 1. The highest BCUT2D eigenvalue weighted by Gasteiger charge is 2.20. The average molecular weight is 507 g/mol. The molecule has 4 aromatic rings. The van der Waals surface area contributed by atoms with Crippen molar-refractivity contribution in [3.8, 4) is 5.75 Å². The molecular weight excluding hydrogens is 480 g/mol. The third-order valence-electron chi connectivity index (χ3n) is 5.73. The Hall–Kier alpha value is -3.88. The van der Waals surface area contributed by atoms with E-state index in [1.807, 2.05) is 54.6 Å². The number of hydrogen-bond acceptors (Lipinski definition) is 5. The molecule has 0 atom stereocenters. The molecule has 0 bridgehead atoms. The first-order valence-electron chi connectivity index (χ1n) is 11.4. The minimum Gasteiger partial charge on any atom is -0.478 e. The fourth-order valence-corrected chi connectivity index (χ4v) is 4.04. The van der Waals surface area contributed by atoms with Crippen molar-refractivity contribution < 1.29 is 14.3 Å². The summed E-state index contributed by atoms with van der Waals surface area (Å²) in [5.74, 6) is 0.354. The van der Waals surface area contributed by atoms with Gasteiger partial charge in [0.2, 0.25) is 0 Å². The van der Waals surface area contributed by atoms with Gasteiger partial charge in [-0.2, -0.15) is 5.10 Å². The molecule has 0 aliphatic rings. The lowest BCUT2D eigenvalue weighted by Crippen LogP contribution is -2.24. The topological polar surface area (TPSA) is 109 Å². The Kier molecular flexibility index (Phi) is 8.54. The first-order valence-corrected chi connectivity index (χ1v) is 12.0. The maximum atomic E-state index is 13.0. The Morgan fingerprint density at radius 2 is 1.81 bits per heavy atom. The van der Waals surface area contributed by atoms with E-state index in [1.54, 1.807) is 19.4 Å². The van der Waals surface area contributed by atoms with Crippen molar-refractivity contribution in [1.82, 2.24) is 20.5 Å². The molecule has 2 heterocycles. The van der Waals surface area contributed by atoms with Crippen molar-refractivity contribution in [1.29, 1.82) is 0 Å². The SMILES string of the molecule is COCc1[nH]nc(C(=O)NCc2cccc(OCCl)c2)c1Cc1ccc(Cc2ccc[nH]c2=O)cc1. The maximum absolute atomic E-state index is 13.0. The number of rotatable bonds is 11. The second-order valence-electron chi connectivity index (χ2n) is 8.24. The van der Waals surface area contributed by atoms with Crippen LogP contribution in [0.5, 0.6) is 5.75 Å². The number of methoxy groups -OCH3 is 1. The highest BCUT2D eigenvalue weighted by Crippen LogP contribution is 2.20. The maximum Gasteiger partial charge on any atom is 0.272 e. The molecule has 0 fully saturated rings. The summed E-state index contributed by atoms with van der Waals surface area (Å²) < 4.78 is 10.6. The Morgan fingerprint density at radius 1 is 1.03 bits per heavy atom. The van der Waals surface area contributed by atoms with Gasteiger partial charge in [-0.05, 0) is 34.9 Å². The predicted octanol–water partition coefficient (Wildman–Crippen LogP) is 3.93. The van der Waals surface area contributed by atoms with Crippen LogP contribution < -0.4 is 15.6 Å². The molecule has 0 aliphatic carbocycles. The van der Waals surface area contributed by atoms with Gasteiger partial charge in [0.15, 0.2) is 11.8 Å². The van der Waals surface area contributed by atoms with Gasteiger partial charge in [0.25, 0.3) is 11.5 Å². The number of aromatic amines is 2. The van der Waals surface area contributed by atoms with Crippen LogP contribution in [-0.4, -0.2) is 34.3 Å². The summed E-state index contributed by atoms with van der Waals surface area (Å²) in [6.07, 6.45) is 2.67. The van der Waals surface area contributed by atoms with Crippen molar-refractivity contribution in [2.24, 2.45) is 0 Å². The number of carbonyl (C=O) groups excluding carboxylic acids is 1. The number of nitrogens with one attached hydrogen (secondary N) is 3. The number of benzene rings is 2. The molecule has 3 N–H and O–H groups in total. The van der Waals surface area contributed by atoms with Crippen LogP contribution in [0.2, 0.25) is 0 Å². The molecular formula is C27H27ClN4O4. The van der Waals surface area contributed by atoms with Gasteiger partial charge < -0.3 is 19.8 Å². The molecule has 8 nitrogen and oxygen atoms in total. The zero-order valence-corrected chi connectivity index (χ0v) is 20.6. The molecule has 4 rings (SSSR count). The quantitative estimate of drug-likeness (QED) is 0.267. The molecule has 1 amide bonds. The lowest BCUT2D eigenvalue weighted by molar-refractivity contribution is 0.0945. The lowest BCUT2D eigenvalue weighted by atomic mass is 9.99. The molecule has 0 unspecified atom stereocenters. The summed E-state index contributed by atoms with van der Waals surface area (Å²) in [7, 11) is 1.60. The summed E-state index contributed by atoms with van der Waals surface area (Å²) in [5, 5.41) is 10.1. The van der Waals surface area contributed by atoms with E-state index in [1.165, 1.54) is 0 Å². The van der Waals surface area contributed by atoms with Gasteiger partial charge in [-0.25, -0.2) is 0 Å². The van der Waals surface area contributed by atoms with Crippen LogP contribution in [0.4, 0.5) is 0 Å². The first-order chi connectivity index (χ1) is 17.6. The van der Waals surface area contributed by atoms with Gasteiger partial charge in [-0.1, -0.05) is 54.1 Å². The molecule has 36 heavy (non-hydrogen) atoms. The summed E-state index contributed by atoms with van der Waals surface area (Å²) >= 11 is 5.63. The number of ether oxygens (including phenoxy) is 2. The molecule has 2 aromatic carbocycles. The first kappa shape index (κ1) is 25.2. The van der Waals surface area contributed by atoms with E-state index in [4.69, 9.17) is 21.1 Å². The van der Waals surface area contributed by atoms with E-state index in [0.29, 0.717) is 43.0 Å². The van der Waals surface area contributed by atoms with Crippen molar-refractivity contribution in [2.75, 3.05) is 13.2 Å². The summed E-state index contributed by atoms with van der Waals surface area (Å²) in [4.78, 5) is 27.7. The molecule has 2 aromatic heterocycles. The van der Waals surface area contributed by atoms with Gasteiger partial charge in [0.05, 0.1) is 12.3 Å². The van der Waals surface area contributed by atoms with E-state index in [2.05, 4.69) is 20.5 Å². The van der Waals surface area contributed by atoms with Crippen molar-refractivity contribution in [3.63, 3.8) is 0 Å². The Bertz CT molecular complexity index is 1360. The second-order valence-corrected chi connectivity index (χ2v) is 8.46. The third-order valence-corrected chi connectivity index (χ3v) is 5.84. The van der Waals surface area contributed by atoms with Gasteiger partial charge >= 0.3 is 0 Å². The van der Waals surface area contributed by atoms with Crippen molar-refractivity contribution in [3.05, 3.63) is 116 Å². The predicted molar refractivity (Wildman–Crippen MR) is 137 cm³/mol. The van der Waals surface area contributed by atoms with Crippen LogP contribution >= 0.6 is 11.6 Å². The van der Waals surface area contributed by atoms with E-state index < -0.39 is 0 Å². The number of halogens is 1. The lowest BCUT2D eigenvalue weighted by Gasteiger charge is -2.09. The molecule has 186 valence electrons. The van der Waals surface area contributed by atoms with Crippen molar-refractivity contribution >= 4 is 17.5 Å². The fraction of sp³-hybridized carbons (Fsp3) is 0.222. The number of nitrogens with zero attached hydrogens (tertiary/aromatic N) is 1. The van der Waals surface area contributed by atoms with Gasteiger partial charge in [-0.15, -0.1) is 0 Å². The normalized spacial score (nSPS) is 10.8. The van der Waals surface area contributed by atoms with E-state index in [-0.39, 0.29) is 17.5 Å². The smallest absolute Gasteiger partial charge is 0.272 e. The highest BCUT2D eigenvalue weighted by atomic mass is 35.5. The van der Waals surface area contributed by atoms with Crippen LogP contribution in [-0.2, 0) is 30.7 Å². The summed E-state index contributed by atoms with van der Waals surface area (Å²) in [6.45, 7) is 0.625. The number of amides is 1. The second kappa shape index (κ2) is 12.2. The number of carbonyl (C=O) groups is 1. The molecule has 0 spiro atoms. The van der Waals surface area contributed by atoms with Crippen molar-refractivity contribution in [2.45, 2.75) is 26.0 Å². The molecule has 0 saturated carbocycles. The van der Waals surface area contributed by atoms with Gasteiger partial charge in [0.1, 0.15) is 5.75 Å². The Labute approximate surface area is 213 Å². The van der Waals surface area contributed by atoms with Crippen LogP contribution in [0.3, 0.4) is 0 Å². The van der Waals surface area contributed by atoms with Gasteiger partial charge in [-0.3, -0.25) is 14.7 Å². The zero-order chi connectivity index (χ0) is 25.3. The van der Waals surface area contributed by atoms with Crippen LogP contribution in [0.1, 0.15) is 44.0 Å². The van der Waals surface area contributed by atoms with Gasteiger partial charge in [0, 0.05) is 43.8 Å². The summed E-state index contributed by atoms with van der Waals surface area (Å²) in [6, 6.07) is 19.1. The molecule has 0 saturated heterocycles. The van der Waals surface area contributed by atoms with E-state index >= 15 is 0 Å². The number of pyridine rings is 1. The van der Waals surface area contributed by atoms with Crippen LogP contribution in [0, 0.1) is 0 Å². The Morgan fingerprint density at radius 3 is 2.53 bits per heavy atom.